The van der Waals surface area contributed by atoms with Gasteiger partial charge < -0.3 is 10.5 Å². The minimum atomic E-state index is -0.103. The summed E-state index contributed by atoms with van der Waals surface area (Å²) in [6.45, 7) is 11.4. The molecule has 2 aliphatic heterocycles. The number of quaternary nitrogens is 1. The van der Waals surface area contributed by atoms with Crippen LogP contribution in [0.25, 0.3) is 0 Å². The molecule has 152 valence electrons. The number of morpholine rings is 1. The number of rotatable bonds is 5. The van der Waals surface area contributed by atoms with Crippen molar-refractivity contribution in [1.82, 2.24) is 4.90 Å². The summed E-state index contributed by atoms with van der Waals surface area (Å²) in [5.74, 6) is -0.103. The second-order valence-corrected chi connectivity index (χ2v) is 7.95. The summed E-state index contributed by atoms with van der Waals surface area (Å²) >= 11 is 5.28. The van der Waals surface area contributed by atoms with E-state index in [0.29, 0.717) is 25.5 Å². The third kappa shape index (κ3) is 3.82. The lowest BCUT2D eigenvalue weighted by molar-refractivity contribution is -0.843. The van der Waals surface area contributed by atoms with Crippen LogP contribution in [0, 0.1) is 0 Å². The molecule has 2 heterocycles. The summed E-state index contributed by atoms with van der Waals surface area (Å²) in [5.41, 5.74) is 8.15. The topological polar surface area (TPSA) is 71.2 Å². The number of benzene rings is 1. The van der Waals surface area contributed by atoms with E-state index in [1.807, 2.05) is 38.1 Å². The van der Waals surface area contributed by atoms with Gasteiger partial charge in [-0.1, -0.05) is 23.3 Å². The number of thiocarbonyl (C=S) groups is 1. The molecule has 0 aliphatic carbocycles. The standard InChI is InChI=1S/C20H29N5O2S/c1-5-25(6-2,20(21)28)22-18-16-9-7-8-10-17(16)24(19(18)26)13-23-11-14(3)27-15(4)12-23/h7-10,14-15H,5-6,11-13H2,1-4H3,(H-,21,28)/p+1/b22-18-. The lowest BCUT2D eigenvalue weighted by Crippen LogP contribution is -2.53. The fraction of sp³-hybridized carbons (Fsp3) is 0.550. The van der Waals surface area contributed by atoms with Crippen molar-refractivity contribution >= 4 is 34.6 Å². The second kappa shape index (κ2) is 8.24. The Morgan fingerprint density at radius 3 is 2.43 bits per heavy atom. The van der Waals surface area contributed by atoms with E-state index in [-0.39, 0.29) is 27.8 Å². The smallest absolute Gasteiger partial charge is 0.294 e. The molecule has 0 saturated carbocycles. The third-order valence-electron chi connectivity index (χ3n) is 5.48. The maximum atomic E-state index is 13.4. The molecule has 0 spiro atoms. The van der Waals surface area contributed by atoms with E-state index in [2.05, 4.69) is 18.7 Å². The summed E-state index contributed by atoms with van der Waals surface area (Å²) in [4.78, 5) is 17.4. The Labute approximate surface area is 172 Å². The van der Waals surface area contributed by atoms with E-state index in [1.54, 1.807) is 4.90 Å². The zero-order chi connectivity index (χ0) is 20.5. The Bertz CT molecular complexity index is 783. The van der Waals surface area contributed by atoms with Crippen LogP contribution in [0.15, 0.2) is 29.4 Å². The van der Waals surface area contributed by atoms with Gasteiger partial charge in [-0.3, -0.25) is 14.6 Å². The number of carbonyl (C=O) groups is 1. The highest BCUT2D eigenvalue weighted by Gasteiger charge is 2.40. The maximum absolute atomic E-state index is 13.4. The van der Waals surface area contributed by atoms with Gasteiger partial charge in [0.25, 0.3) is 11.0 Å². The van der Waals surface area contributed by atoms with Gasteiger partial charge in [-0.05, 0) is 33.8 Å². The van der Waals surface area contributed by atoms with Crippen LogP contribution in [0.2, 0.25) is 0 Å². The number of anilines is 1. The van der Waals surface area contributed by atoms with Gasteiger partial charge in [0.1, 0.15) is 13.1 Å². The van der Waals surface area contributed by atoms with Gasteiger partial charge in [0.15, 0.2) is 5.71 Å². The van der Waals surface area contributed by atoms with E-state index in [0.717, 1.165) is 24.3 Å². The first-order chi connectivity index (χ1) is 13.3. The first-order valence-electron chi connectivity index (χ1n) is 9.87. The van der Waals surface area contributed by atoms with E-state index in [1.165, 1.54) is 0 Å². The van der Waals surface area contributed by atoms with Crippen molar-refractivity contribution < 1.29 is 14.1 Å². The fourth-order valence-electron chi connectivity index (χ4n) is 4.02. The monoisotopic (exact) mass is 404 g/mol. The SMILES string of the molecule is CC[N+](CC)(/N=C1\C(=O)N(CN2CC(C)OC(C)C2)c2ccccc21)C(N)=S. The minimum absolute atomic E-state index is 0.0736. The number of carbonyl (C=O) groups excluding carboxylic acids is 1. The molecule has 2 aliphatic rings. The molecule has 1 saturated heterocycles. The van der Waals surface area contributed by atoms with Crippen molar-refractivity contribution in [2.75, 3.05) is 37.7 Å². The molecule has 2 N–H and O–H groups in total. The molecule has 1 aromatic carbocycles. The van der Waals surface area contributed by atoms with E-state index in [9.17, 15) is 4.79 Å². The van der Waals surface area contributed by atoms with E-state index < -0.39 is 0 Å². The number of fused-ring (bicyclic) bond motifs is 1. The van der Waals surface area contributed by atoms with Gasteiger partial charge in [-0.15, -0.1) is 4.59 Å². The van der Waals surface area contributed by atoms with E-state index in [4.69, 9.17) is 27.8 Å². The molecule has 0 aromatic heterocycles. The van der Waals surface area contributed by atoms with Crippen molar-refractivity contribution in [1.29, 1.82) is 0 Å². The van der Waals surface area contributed by atoms with Gasteiger partial charge in [0, 0.05) is 30.9 Å². The van der Waals surface area contributed by atoms with Gasteiger partial charge in [-0.2, -0.15) is 0 Å². The number of nitrogens with two attached hydrogens (primary N) is 1. The molecule has 3 rings (SSSR count). The van der Waals surface area contributed by atoms with Crippen molar-refractivity contribution in [3.8, 4) is 0 Å². The minimum Gasteiger partial charge on any atom is -0.373 e. The second-order valence-electron chi connectivity index (χ2n) is 7.53. The number of hydrogen-bond acceptors (Lipinski definition) is 5. The lowest BCUT2D eigenvalue weighted by Gasteiger charge is -2.37. The highest BCUT2D eigenvalue weighted by Crippen LogP contribution is 2.31. The highest BCUT2D eigenvalue weighted by atomic mass is 32.1. The molecule has 1 fully saturated rings. The maximum Gasteiger partial charge on any atom is 0.294 e. The first kappa shape index (κ1) is 20.9. The van der Waals surface area contributed by atoms with Crippen LogP contribution >= 0.6 is 12.2 Å². The first-order valence-corrected chi connectivity index (χ1v) is 10.3. The van der Waals surface area contributed by atoms with Crippen LogP contribution in [0.1, 0.15) is 33.3 Å². The molecular weight excluding hydrogens is 374 g/mol. The summed E-state index contributed by atoms with van der Waals surface area (Å²) < 4.78 is 5.89. The normalized spacial score (nSPS) is 24.6. The largest absolute Gasteiger partial charge is 0.373 e. The molecule has 2 unspecified atom stereocenters. The van der Waals surface area contributed by atoms with Crippen LogP contribution in [0.3, 0.4) is 0 Å². The highest BCUT2D eigenvalue weighted by molar-refractivity contribution is 7.79. The van der Waals surface area contributed by atoms with Crippen LogP contribution in [-0.4, -0.2) is 71.3 Å². The zero-order valence-corrected chi connectivity index (χ0v) is 17.9. The molecule has 0 radical (unpaired) electrons. The van der Waals surface area contributed by atoms with Crippen LogP contribution in [-0.2, 0) is 9.53 Å². The van der Waals surface area contributed by atoms with Crippen molar-refractivity contribution in [3.05, 3.63) is 29.8 Å². The number of para-hydroxylation sites is 1. The Kier molecular flexibility index (Phi) is 6.14. The number of nitrogens with zero attached hydrogens (tertiary/aromatic N) is 4. The number of amides is 1. The third-order valence-corrected chi connectivity index (χ3v) is 5.82. The van der Waals surface area contributed by atoms with Crippen molar-refractivity contribution in [2.45, 2.75) is 39.9 Å². The summed E-state index contributed by atoms with van der Waals surface area (Å²) in [6, 6.07) is 7.78. The lowest BCUT2D eigenvalue weighted by atomic mass is 10.1. The Morgan fingerprint density at radius 1 is 1.25 bits per heavy atom. The molecule has 0 bridgehead atoms. The molecular formula is C20H30N5O2S+. The Morgan fingerprint density at radius 2 is 1.86 bits per heavy atom. The average Bonchev–Trinajstić information content (AvgIpc) is 2.90. The van der Waals surface area contributed by atoms with E-state index >= 15 is 0 Å². The van der Waals surface area contributed by atoms with Gasteiger partial charge >= 0.3 is 0 Å². The molecule has 28 heavy (non-hydrogen) atoms. The predicted octanol–water partition coefficient (Wildman–Crippen LogP) is 1.90. The van der Waals surface area contributed by atoms with Crippen molar-refractivity contribution in [2.24, 2.45) is 10.8 Å². The number of hydrogen-bond donors (Lipinski definition) is 1. The Balaban J connectivity index is 1.96. The van der Waals surface area contributed by atoms with Gasteiger partial charge in [0.2, 0.25) is 0 Å². The summed E-state index contributed by atoms with van der Waals surface area (Å²) in [6.07, 6.45) is 0.285. The Hall–Kier alpha value is -1.87. The number of ether oxygens (including phenoxy) is 1. The quantitative estimate of drug-likeness (QED) is 0.461. The van der Waals surface area contributed by atoms with Crippen LogP contribution in [0.4, 0.5) is 5.69 Å². The zero-order valence-electron chi connectivity index (χ0n) is 17.1. The van der Waals surface area contributed by atoms with Crippen LogP contribution in [0.5, 0.6) is 0 Å². The predicted molar refractivity (Wildman–Crippen MR) is 115 cm³/mol. The van der Waals surface area contributed by atoms with Crippen molar-refractivity contribution in [3.63, 3.8) is 0 Å². The van der Waals surface area contributed by atoms with Gasteiger partial charge in [-0.25, -0.2) is 0 Å². The average molecular weight is 405 g/mol. The molecule has 1 amide bonds. The molecule has 7 nitrogen and oxygen atoms in total. The van der Waals surface area contributed by atoms with Crippen LogP contribution < -0.4 is 10.6 Å². The summed E-state index contributed by atoms with van der Waals surface area (Å²) in [7, 11) is 0. The summed E-state index contributed by atoms with van der Waals surface area (Å²) in [5, 5.41) is 5.07. The molecule has 2 atom stereocenters. The molecule has 8 heteroatoms. The fourth-order valence-corrected chi connectivity index (χ4v) is 4.32. The van der Waals surface area contributed by atoms with Gasteiger partial charge in [0.05, 0.1) is 24.6 Å². The molecule has 1 aromatic rings.